The van der Waals surface area contributed by atoms with Gasteiger partial charge in [-0.05, 0) is 50.0 Å². The monoisotopic (exact) mass is 276 g/mol. The van der Waals surface area contributed by atoms with Gasteiger partial charge < -0.3 is 14.3 Å². The van der Waals surface area contributed by atoms with Gasteiger partial charge in [0.25, 0.3) is 0 Å². The van der Waals surface area contributed by atoms with Gasteiger partial charge in [0, 0.05) is 6.04 Å². The van der Waals surface area contributed by atoms with Crippen LogP contribution in [0.4, 0.5) is 0 Å². The van der Waals surface area contributed by atoms with E-state index in [1.165, 1.54) is 24.8 Å². The molecule has 0 aliphatic heterocycles. The van der Waals surface area contributed by atoms with Gasteiger partial charge in [-0.2, -0.15) is 0 Å². The number of para-hydroxylation sites is 1. The number of hydrogen-bond donors (Lipinski definition) is 1. The molecule has 1 N–H and O–H groups in total. The SMILES string of the molecule is CCOc1cccc2c1[nH]c(=S)n2C1CCCC1C. The molecule has 4 heteroatoms. The van der Waals surface area contributed by atoms with Crippen LogP contribution in [0.15, 0.2) is 18.2 Å². The van der Waals surface area contributed by atoms with E-state index in [0.29, 0.717) is 18.6 Å². The lowest BCUT2D eigenvalue weighted by Gasteiger charge is -2.18. The molecule has 1 aromatic carbocycles. The molecular weight excluding hydrogens is 256 g/mol. The van der Waals surface area contributed by atoms with Crippen molar-refractivity contribution < 1.29 is 4.74 Å². The summed E-state index contributed by atoms with van der Waals surface area (Å²) in [4.78, 5) is 3.33. The first-order valence-electron chi connectivity index (χ1n) is 7.08. The molecule has 1 heterocycles. The second-order valence-electron chi connectivity index (χ2n) is 5.36. The highest BCUT2D eigenvalue weighted by Crippen LogP contribution is 2.38. The highest BCUT2D eigenvalue weighted by Gasteiger charge is 2.27. The van der Waals surface area contributed by atoms with E-state index in [4.69, 9.17) is 17.0 Å². The average molecular weight is 276 g/mol. The maximum atomic E-state index is 5.69. The number of rotatable bonds is 3. The van der Waals surface area contributed by atoms with Crippen LogP contribution >= 0.6 is 12.2 Å². The maximum Gasteiger partial charge on any atom is 0.178 e. The summed E-state index contributed by atoms with van der Waals surface area (Å²) in [7, 11) is 0. The number of nitrogens with zero attached hydrogens (tertiary/aromatic N) is 1. The topological polar surface area (TPSA) is 29.9 Å². The van der Waals surface area contributed by atoms with E-state index in [0.717, 1.165) is 16.0 Å². The molecule has 1 aromatic heterocycles. The number of imidazole rings is 1. The third kappa shape index (κ3) is 2.08. The summed E-state index contributed by atoms with van der Waals surface area (Å²) in [5.74, 6) is 1.59. The van der Waals surface area contributed by atoms with E-state index in [1.807, 2.05) is 19.1 Å². The molecule has 0 bridgehead atoms. The first-order chi connectivity index (χ1) is 9.22. The molecule has 3 rings (SSSR count). The third-order valence-corrected chi connectivity index (χ3v) is 4.46. The van der Waals surface area contributed by atoms with Crippen LogP contribution in [-0.2, 0) is 0 Å². The van der Waals surface area contributed by atoms with Crippen LogP contribution in [0.5, 0.6) is 5.75 Å². The van der Waals surface area contributed by atoms with Crippen molar-refractivity contribution in [3.05, 3.63) is 23.0 Å². The van der Waals surface area contributed by atoms with Gasteiger partial charge in [0.15, 0.2) is 4.77 Å². The summed E-state index contributed by atoms with van der Waals surface area (Å²) in [6.45, 7) is 5.00. The van der Waals surface area contributed by atoms with Crippen LogP contribution in [0.3, 0.4) is 0 Å². The molecular formula is C15H20N2OS. The van der Waals surface area contributed by atoms with Crippen molar-refractivity contribution in [1.82, 2.24) is 9.55 Å². The highest BCUT2D eigenvalue weighted by atomic mass is 32.1. The summed E-state index contributed by atoms with van der Waals surface area (Å²) >= 11 is 5.54. The lowest BCUT2D eigenvalue weighted by Crippen LogP contribution is -2.11. The number of nitrogens with one attached hydrogen (secondary N) is 1. The summed E-state index contributed by atoms with van der Waals surface area (Å²) in [6, 6.07) is 6.71. The number of aromatic nitrogens is 2. The first-order valence-corrected chi connectivity index (χ1v) is 7.49. The summed E-state index contributed by atoms with van der Waals surface area (Å²) < 4.78 is 8.80. The van der Waals surface area contributed by atoms with E-state index >= 15 is 0 Å². The quantitative estimate of drug-likeness (QED) is 0.839. The fourth-order valence-corrected chi connectivity index (χ4v) is 3.57. The molecule has 0 radical (unpaired) electrons. The van der Waals surface area contributed by atoms with E-state index in [-0.39, 0.29) is 0 Å². The van der Waals surface area contributed by atoms with Gasteiger partial charge in [0.1, 0.15) is 11.3 Å². The average Bonchev–Trinajstić information content (AvgIpc) is 2.93. The van der Waals surface area contributed by atoms with Crippen molar-refractivity contribution in [2.45, 2.75) is 39.2 Å². The Morgan fingerprint density at radius 2 is 2.26 bits per heavy atom. The minimum absolute atomic E-state index is 0.526. The lowest BCUT2D eigenvalue weighted by molar-refractivity contribution is 0.343. The van der Waals surface area contributed by atoms with Gasteiger partial charge in [0.2, 0.25) is 0 Å². The number of H-pyrrole nitrogens is 1. The minimum atomic E-state index is 0.526. The Kier molecular flexibility index (Phi) is 3.35. The normalized spacial score (nSPS) is 23.1. The van der Waals surface area contributed by atoms with Crippen LogP contribution in [0.25, 0.3) is 11.0 Å². The van der Waals surface area contributed by atoms with Crippen molar-refractivity contribution in [3.8, 4) is 5.75 Å². The smallest absolute Gasteiger partial charge is 0.178 e. The predicted octanol–water partition coefficient (Wildman–Crippen LogP) is 4.46. The lowest BCUT2D eigenvalue weighted by atomic mass is 10.1. The highest BCUT2D eigenvalue weighted by molar-refractivity contribution is 7.71. The van der Waals surface area contributed by atoms with Crippen molar-refractivity contribution in [2.75, 3.05) is 6.61 Å². The molecule has 3 nitrogen and oxygen atoms in total. The van der Waals surface area contributed by atoms with Crippen LogP contribution in [0, 0.1) is 10.7 Å². The van der Waals surface area contributed by atoms with E-state index in [2.05, 4.69) is 22.5 Å². The number of ether oxygens (including phenoxy) is 1. The first kappa shape index (κ1) is 12.7. The Bertz CT molecular complexity index is 643. The van der Waals surface area contributed by atoms with Crippen LogP contribution in [-0.4, -0.2) is 16.2 Å². The molecule has 1 aliphatic carbocycles. The number of aromatic amines is 1. The number of hydrogen-bond acceptors (Lipinski definition) is 2. The van der Waals surface area contributed by atoms with E-state index < -0.39 is 0 Å². The minimum Gasteiger partial charge on any atom is -0.492 e. The standard InChI is InChI=1S/C15H20N2OS/c1-3-18-13-9-5-8-12-14(13)16-15(19)17(12)11-7-4-6-10(11)2/h5,8-11H,3-4,6-7H2,1-2H3,(H,16,19). The van der Waals surface area contributed by atoms with Gasteiger partial charge >= 0.3 is 0 Å². The van der Waals surface area contributed by atoms with Gasteiger partial charge in [-0.1, -0.05) is 19.4 Å². The summed E-state index contributed by atoms with van der Waals surface area (Å²) in [5.41, 5.74) is 2.21. The van der Waals surface area contributed by atoms with Gasteiger partial charge in [0.05, 0.1) is 12.1 Å². The largest absolute Gasteiger partial charge is 0.492 e. The maximum absolute atomic E-state index is 5.69. The Morgan fingerprint density at radius 1 is 1.42 bits per heavy atom. The zero-order chi connectivity index (χ0) is 13.4. The molecule has 2 aromatic rings. The molecule has 0 saturated heterocycles. The summed E-state index contributed by atoms with van der Waals surface area (Å²) in [5, 5.41) is 0. The number of benzene rings is 1. The second kappa shape index (κ2) is 5.00. The third-order valence-electron chi connectivity index (χ3n) is 4.16. The zero-order valence-corrected chi connectivity index (χ0v) is 12.3. The molecule has 2 atom stereocenters. The Hall–Kier alpha value is -1.29. The second-order valence-corrected chi connectivity index (χ2v) is 5.75. The number of fused-ring (bicyclic) bond motifs is 1. The molecule has 0 amide bonds. The van der Waals surface area contributed by atoms with Crippen molar-refractivity contribution >= 4 is 23.3 Å². The van der Waals surface area contributed by atoms with Crippen molar-refractivity contribution in [2.24, 2.45) is 5.92 Å². The fourth-order valence-electron chi connectivity index (χ4n) is 3.24. The van der Waals surface area contributed by atoms with E-state index in [1.54, 1.807) is 0 Å². The Labute approximate surface area is 118 Å². The van der Waals surface area contributed by atoms with Gasteiger partial charge in [-0.15, -0.1) is 0 Å². The fraction of sp³-hybridized carbons (Fsp3) is 0.533. The van der Waals surface area contributed by atoms with Crippen molar-refractivity contribution in [1.29, 1.82) is 0 Å². The molecule has 1 saturated carbocycles. The van der Waals surface area contributed by atoms with Crippen LogP contribution in [0.2, 0.25) is 0 Å². The predicted molar refractivity (Wildman–Crippen MR) is 80.3 cm³/mol. The summed E-state index contributed by atoms with van der Waals surface area (Å²) in [6.07, 6.45) is 3.82. The van der Waals surface area contributed by atoms with Crippen LogP contribution < -0.4 is 4.74 Å². The molecule has 19 heavy (non-hydrogen) atoms. The van der Waals surface area contributed by atoms with Crippen molar-refractivity contribution in [3.63, 3.8) is 0 Å². The molecule has 102 valence electrons. The van der Waals surface area contributed by atoms with E-state index in [9.17, 15) is 0 Å². The molecule has 1 aliphatic rings. The zero-order valence-electron chi connectivity index (χ0n) is 11.5. The molecule has 0 spiro atoms. The Balaban J connectivity index is 2.17. The molecule has 1 fully saturated rings. The van der Waals surface area contributed by atoms with Crippen LogP contribution in [0.1, 0.15) is 39.2 Å². The Morgan fingerprint density at radius 3 is 2.95 bits per heavy atom. The molecule has 2 unspecified atom stereocenters. The van der Waals surface area contributed by atoms with Gasteiger partial charge in [-0.3, -0.25) is 0 Å². The van der Waals surface area contributed by atoms with Gasteiger partial charge in [-0.25, -0.2) is 0 Å².